The smallest absolute Gasteiger partial charge is 0.307 e. The van der Waals surface area contributed by atoms with Crippen LogP contribution in [0.2, 0.25) is 5.02 Å². The predicted octanol–water partition coefficient (Wildman–Crippen LogP) is 2.08. The number of carboxylic acids is 1. The van der Waals surface area contributed by atoms with Crippen molar-refractivity contribution < 1.29 is 14.6 Å². The molecule has 0 bridgehead atoms. The maximum absolute atomic E-state index is 10.9. The van der Waals surface area contributed by atoms with Crippen molar-refractivity contribution in [3.8, 4) is 5.75 Å². The number of carbonyl (C=O) groups is 1. The number of methoxy groups -OCH3 is 1. The molecule has 1 aliphatic heterocycles. The number of hydrogen-bond acceptors (Lipinski definition) is 3. The van der Waals surface area contributed by atoms with E-state index in [1.807, 2.05) is 12.1 Å². The van der Waals surface area contributed by atoms with E-state index in [9.17, 15) is 4.79 Å². The van der Waals surface area contributed by atoms with Crippen LogP contribution in [-0.2, 0) is 4.79 Å². The van der Waals surface area contributed by atoms with E-state index in [4.69, 9.17) is 21.4 Å². The first-order chi connectivity index (χ1) is 8.10. The Morgan fingerprint density at radius 1 is 1.53 bits per heavy atom. The molecule has 0 amide bonds. The minimum Gasteiger partial charge on any atom is -0.497 e. The van der Waals surface area contributed by atoms with Gasteiger partial charge in [0, 0.05) is 17.6 Å². The van der Waals surface area contributed by atoms with Crippen LogP contribution in [0.5, 0.6) is 5.75 Å². The van der Waals surface area contributed by atoms with Crippen molar-refractivity contribution in [3.63, 3.8) is 0 Å². The van der Waals surface area contributed by atoms with Crippen molar-refractivity contribution in [2.24, 2.45) is 5.92 Å². The van der Waals surface area contributed by atoms with E-state index in [1.54, 1.807) is 13.2 Å². The summed E-state index contributed by atoms with van der Waals surface area (Å²) in [4.78, 5) is 10.9. The van der Waals surface area contributed by atoms with Crippen LogP contribution in [0, 0.1) is 5.92 Å². The standard InChI is InChI=1S/C12H14ClNO3/c1-17-10-3-7(2-9(13)5-10)11-4-8(6-14-11)12(15)16/h2-3,5,8,11,14H,4,6H2,1H3,(H,15,16). The van der Waals surface area contributed by atoms with Gasteiger partial charge < -0.3 is 15.2 Å². The molecule has 1 heterocycles. The number of rotatable bonds is 3. The van der Waals surface area contributed by atoms with E-state index < -0.39 is 5.97 Å². The maximum atomic E-state index is 10.9. The van der Waals surface area contributed by atoms with Crippen LogP contribution in [-0.4, -0.2) is 24.7 Å². The molecule has 2 unspecified atom stereocenters. The molecule has 0 spiro atoms. The lowest BCUT2D eigenvalue weighted by Gasteiger charge is -2.12. The summed E-state index contributed by atoms with van der Waals surface area (Å²) in [6.45, 7) is 0.495. The summed E-state index contributed by atoms with van der Waals surface area (Å²) in [5, 5.41) is 12.7. The third-order valence-electron chi connectivity index (χ3n) is 3.01. The fourth-order valence-electron chi connectivity index (χ4n) is 2.08. The SMILES string of the molecule is COc1cc(Cl)cc(C2CC(C(=O)O)CN2)c1. The normalized spacial score (nSPS) is 23.6. The molecule has 1 aromatic rings. The summed E-state index contributed by atoms with van der Waals surface area (Å²) < 4.78 is 5.14. The lowest BCUT2D eigenvalue weighted by atomic mass is 10.00. The fourth-order valence-corrected chi connectivity index (χ4v) is 2.31. The Morgan fingerprint density at radius 2 is 2.29 bits per heavy atom. The molecule has 17 heavy (non-hydrogen) atoms. The fraction of sp³-hybridized carbons (Fsp3) is 0.417. The average molecular weight is 256 g/mol. The Bertz CT molecular complexity index is 436. The van der Waals surface area contributed by atoms with Gasteiger partial charge in [-0.2, -0.15) is 0 Å². The highest BCUT2D eigenvalue weighted by Crippen LogP contribution is 2.31. The highest BCUT2D eigenvalue weighted by molar-refractivity contribution is 6.30. The molecule has 5 heteroatoms. The Balaban J connectivity index is 2.18. The van der Waals surface area contributed by atoms with E-state index in [2.05, 4.69) is 5.32 Å². The first-order valence-corrected chi connectivity index (χ1v) is 5.78. The predicted molar refractivity (Wildman–Crippen MR) is 64.5 cm³/mol. The summed E-state index contributed by atoms with van der Waals surface area (Å²) >= 11 is 5.98. The number of halogens is 1. The largest absolute Gasteiger partial charge is 0.497 e. The van der Waals surface area contributed by atoms with Crippen LogP contribution in [0.3, 0.4) is 0 Å². The van der Waals surface area contributed by atoms with Crippen molar-refractivity contribution >= 4 is 17.6 Å². The lowest BCUT2D eigenvalue weighted by molar-refractivity contribution is -0.141. The van der Waals surface area contributed by atoms with Gasteiger partial charge in [-0.05, 0) is 30.2 Å². The Hall–Kier alpha value is -1.26. The third-order valence-corrected chi connectivity index (χ3v) is 3.23. The molecular weight excluding hydrogens is 242 g/mol. The minimum absolute atomic E-state index is 0.0312. The number of aliphatic carboxylic acids is 1. The van der Waals surface area contributed by atoms with Crippen molar-refractivity contribution in [2.45, 2.75) is 12.5 Å². The van der Waals surface area contributed by atoms with Crippen molar-refractivity contribution in [3.05, 3.63) is 28.8 Å². The summed E-state index contributed by atoms with van der Waals surface area (Å²) in [5.41, 5.74) is 0.970. The summed E-state index contributed by atoms with van der Waals surface area (Å²) in [6, 6.07) is 5.48. The van der Waals surface area contributed by atoms with Crippen LogP contribution in [0.15, 0.2) is 18.2 Å². The van der Waals surface area contributed by atoms with Crippen molar-refractivity contribution in [2.75, 3.05) is 13.7 Å². The van der Waals surface area contributed by atoms with E-state index in [1.165, 1.54) is 0 Å². The van der Waals surface area contributed by atoms with Gasteiger partial charge in [-0.3, -0.25) is 4.79 Å². The maximum Gasteiger partial charge on any atom is 0.307 e. The molecule has 4 nitrogen and oxygen atoms in total. The highest BCUT2D eigenvalue weighted by atomic mass is 35.5. The highest BCUT2D eigenvalue weighted by Gasteiger charge is 2.30. The summed E-state index contributed by atoms with van der Waals surface area (Å²) in [7, 11) is 1.58. The average Bonchev–Trinajstić information content (AvgIpc) is 2.77. The summed E-state index contributed by atoms with van der Waals surface area (Å²) in [5.74, 6) is -0.396. The number of nitrogens with one attached hydrogen (secondary N) is 1. The molecule has 2 N–H and O–H groups in total. The van der Waals surface area contributed by atoms with Crippen LogP contribution < -0.4 is 10.1 Å². The third kappa shape index (κ3) is 2.70. The second-order valence-electron chi connectivity index (χ2n) is 4.16. The number of carboxylic acid groups (broad SMARTS) is 1. The van der Waals surface area contributed by atoms with Crippen molar-refractivity contribution in [1.82, 2.24) is 5.32 Å². The number of hydrogen-bond donors (Lipinski definition) is 2. The van der Waals surface area contributed by atoms with Gasteiger partial charge in [0.05, 0.1) is 13.0 Å². The molecule has 1 aromatic carbocycles. The van der Waals surface area contributed by atoms with E-state index in [0.717, 1.165) is 5.56 Å². The zero-order valence-electron chi connectivity index (χ0n) is 9.44. The lowest BCUT2D eigenvalue weighted by Crippen LogP contribution is -2.17. The molecule has 2 rings (SSSR count). The van der Waals surface area contributed by atoms with E-state index in [-0.39, 0.29) is 12.0 Å². The minimum atomic E-state index is -0.756. The van der Waals surface area contributed by atoms with Gasteiger partial charge in [-0.25, -0.2) is 0 Å². The van der Waals surface area contributed by atoms with Gasteiger partial charge in [0.25, 0.3) is 0 Å². The molecular formula is C12H14ClNO3. The zero-order valence-corrected chi connectivity index (χ0v) is 10.2. The first kappa shape index (κ1) is 12.2. The molecule has 1 fully saturated rings. The van der Waals surface area contributed by atoms with Gasteiger partial charge in [0.15, 0.2) is 0 Å². The van der Waals surface area contributed by atoms with E-state index >= 15 is 0 Å². The zero-order chi connectivity index (χ0) is 12.4. The van der Waals surface area contributed by atoms with Crippen molar-refractivity contribution in [1.29, 1.82) is 0 Å². The van der Waals surface area contributed by atoms with Gasteiger partial charge in [-0.15, -0.1) is 0 Å². The summed E-state index contributed by atoms with van der Waals surface area (Å²) in [6.07, 6.45) is 0.582. The second-order valence-corrected chi connectivity index (χ2v) is 4.59. The Kier molecular flexibility index (Phi) is 3.54. The van der Waals surface area contributed by atoms with Crippen LogP contribution in [0.1, 0.15) is 18.0 Å². The van der Waals surface area contributed by atoms with Crippen LogP contribution in [0.25, 0.3) is 0 Å². The molecule has 0 radical (unpaired) electrons. The number of ether oxygens (including phenoxy) is 1. The first-order valence-electron chi connectivity index (χ1n) is 5.41. The monoisotopic (exact) mass is 255 g/mol. The van der Waals surface area contributed by atoms with Gasteiger partial charge in [0.2, 0.25) is 0 Å². The van der Waals surface area contributed by atoms with Gasteiger partial charge >= 0.3 is 5.97 Å². The molecule has 0 aromatic heterocycles. The second kappa shape index (κ2) is 4.94. The quantitative estimate of drug-likeness (QED) is 0.868. The van der Waals surface area contributed by atoms with Crippen LogP contribution in [0.4, 0.5) is 0 Å². The van der Waals surface area contributed by atoms with Crippen LogP contribution >= 0.6 is 11.6 Å². The number of benzene rings is 1. The topological polar surface area (TPSA) is 58.6 Å². The molecule has 0 aliphatic carbocycles. The Labute approximate surface area is 105 Å². The molecule has 2 atom stereocenters. The molecule has 0 saturated carbocycles. The molecule has 92 valence electrons. The van der Waals surface area contributed by atoms with Gasteiger partial charge in [0.1, 0.15) is 5.75 Å². The Morgan fingerprint density at radius 3 is 2.88 bits per heavy atom. The van der Waals surface area contributed by atoms with Gasteiger partial charge in [-0.1, -0.05) is 11.6 Å². The molecule has 1 saturated heterocycles. The molecule has 1 aliphatic rings. The van der Waals surface area contributed by atoms with E-state index in [0.29, 0.717) is 23.7 Å².